The van der Waals surface area contributed by atoms with Crippen LogP contribution in [0.2, 0.25) is 0 Å². The van der Waals surface area contributed by atoms with Gasteiger partial charge in [0.05, 0.1) is 6.61 Å². The van der Waals surface area contributed by atoms with Crippen LogP contribution in [0.25, 0.3) is 0 Å². The van der Waals surface area contributed by atoms with Crippen LogP contribution in [0.5, 0.6) is 0 Å². The SMILES string of the molecule is CCCCCC[C@@]1(C)OC[C@@H](c2ccccc2)O1. The van der Waals surface area contributed by atoms with E-state index in [0.29, 0.717) is 6.61 Å². The summed E-state index contributed by atoms with van der Waals surface area (Å²) in [7, 11) is 0. The summed E-state index contributed by atoms with van der Waals surface area (Å²) in [5.41, 5.74) is 1.22. The van der Waals surface area contributed by atoms with E-state index in [1.165, 1.54) is 31.2 Å². The van der Waals surface area contributed by atoms with Gasteiger partial charge in [-0.2, -0.15) is 0 Å². The molecule has 0 bridgehead atoms. The third kappa shape index (κ3) is 3.56. The molecule has 1 aliphatic heterocycles. The molecule has 2 nitrogen and oxygen atoms in total. The molecular weight excluding hydrogens is 224 g/mol. The Labute approximate surface area is 110 Å². The monoisotopic (exact) mass is 248 g/mol. The fourth-order valence-corrected chi connectivity index (χ4v) is 2.46. The van der Waals surface area contributed by atoms with Crippen molar-refractivity contribution in [3.8, 4) is 0 Å². The molecule has 0 unspecified atom stereocenters. The van der Waals surface area contributed by atoms with E-state index >= 15 is 0 Å². The minimum absolute atomic E-state index is 0.0994. The Hall–Kier alpha value is -0.860. The molecule has 100 valence electrons. The third-order valence-corrected chi connectivity index (χ3v) is 3.59. The normalized spacial score (nSPS) is 27.6. The number of rotatable bonds is 6. The van der Waals surface area contributed by atoms with Gasteiger partial charge in [0.15, 0.2) is 5.79 Å². The third-order valence-electron chi connectivity index (χ3n) is 3.59. The number of hydrogen-bond acceptors (Lipinski definition) is 2. The molecule has 0 saturated carbocycles. The van der Waals surface area contributed by atoms with Crippen molar-refractivity contribution in [3.05, 3.63) is 35.9 Å². The summed E-state index contributed by atoms with van der Waals surface area (Å²) in [4.78, 5) is 0. The van der Waals surface area contributed by atoms with Gasteiger partial charge in [-0.3, -0.25) is 0 Å². The smallest absolute Gasteiger partial charge is 0.166 e. The van der Waals surface area contributed by atoms with E-state index in [1.807, 2.05) is 6.07 Å². The summed E-state index contributed by atoms with van der Waals surface area (Å²) < 4.78 is 12.0. The van der Waals surface area contributed by atoms with Gasteiger partial charge >= 0.3 is 0 Å². The lowest BCUT2D eigenvalue weighted by Crippen LogP contribution is -2.25. The predicted octanol–water partition coefficient (Wildman–Crippen LogP) is 4.46. The van der Waals surface area contributed by atoms with Crippen molar-refractivity contribution in [3.63, 3.8) is 0 Å². The Kier molecular flexibility index (Phi) is 4.79. The summed E-state index contributed by atoms with van der Waals surface area (Å²) in [6, 6.07) is 10.3. The molecule has 1 aromatic carbocycles. The van der Waals surface area contributed by atoms with Gasteiger partial charge in [-0.05, 0) is 18.9 Å². The van der Waals surface area contributed by atoms with E-state index in [2.05, 4.69) is 38.1 Å². The quantitative estimate of drug-likeness (QED) is 0.692. The van der Waals surface area contributed by atoms with Gasteiger partial charge in [0.2, 0.25) is 0 Å². The maximum Gasteiger partial charge on any atom is 0.166 e. The fourth-order valence-electron chi connectivity index (χ4n) is 2.46. The zero-order valence-corrected chi connectivity index (χ0v) is 11.5. The first-order valence-corrected chi connectivity index (χ1v) is 7.10. The topological polar surface area (TPSA) is 18.5 Å². The van der Waals surface area contributed by atoms with Gasteiger partial charge < -0.3 is 9.47 Å². The first-order chi connectivity index (χ1) is 8.73. The number of benzene rings is 1. The minimum Gasteiger partial charge on any atom is -0.347 e. The molecule has 1 aromatic rings. The van der Waals surface area contributed by atoms with Crippen molar-refractivity contribution in [2.45, 2.75) is 57.8 Å². The Morgan fingerprint density at radius 3 is 2.67 bits per heavy atom. The molecule has 0 radical (unpaired) electrons. The summed E-state index contributed by atoms with van der Waals surface area (Å²) in [6.45, 7) is 4.98. The van der Waals surface area contributed by atoms with E-state index in [1.54, 1.807) is 0 Å². The molecular formula is C16H24O2. The Morgan fingerprint density at radius 1 is 1.17 bits per heavy atom. The molecule has 1 heterocycles. The zero-order chi connectivity index (χ0) is 12.8. The average molecular weight is 248 g/mol. The maximum absolute atomic E-state index is 6.09. The molecule has 0 spiro atoms. The van der Waals surface area contributed by atoms with Crippen molar-refractivity contribution in [1.29, 1.82) is 0 Å². The highest BCUT2D eigenvalue weighted by atomic mass is 16.7. The molecule has 1 aliphatic rings. The van der Waals surface area contributed by atoms with Gasteiger partial charge in [-0.1, -0.05) is 56.5 Å². The molecule has 0 amide bonds. The van der Waals surface area contributed by atoms with E-state index < -0.39 is 0 Å². The Morgan fingerprint density at radius 2 is 1.94 bits per heavy atom. The zero-order valence-electron chi connectivity index (χ0n) is 11.5. The van der Waals surface area contributed by atoms with Gasteiger partial charge in [-0.15, -0.1) is 0 Å². The maximum atomic E-state index is 6.09. The van der Waals surface area contributed by atoms with Crippen LogP contribution in [-0.2, 0) is 9.47 Å². The molecule has 0 N–H and O–H groups in total. The summed E-state index contributed by atoms with van der Waals surface area (Å²) in [5.74, 6) is -0.381. The first-order valence-electron chi connectivity index (χ1n) is 7.10. The summed E-state index contributed by atoms with van der Waals surface area (Å²) >= 11 is 0. The van der Waals surface area contributed by atoms with Crippen LogP contribution in [0.4, 0.5) is 0 Å². The molecule has 2 rings (SSSR count). The second-order valence-electron chi connectivity index (χ2n) is 5.27. The van der Waals surface area contributed by atoms with Crippen LogP contribution >= 0.6 is 0 Å². The van der Waals surface area contributed by atoms with Crippen LogP contribution in [0.3, 0.4) is 0 Å². The number of unbranched alkanes of at least 4 members (excludes halogenated alkanes) is 3. The molecule has 0 aromatic heterocycles. The molecule has 0 aliphatic carbocycles. The van der Waals surface area contributed by atoms with Gasteiger partial charge in [-0.25, -0.2) is 0 Å². The predicted molar refractivity (Wildman–Crippen MR) is 73.4 cm³/mol. The molecule has 2 atom stereocenters. The van der Waals surface area contributed by atoms with Crippen LogP contribution in [0.1, 0.15) is 57.6 Å². The lowest BCUT2D eigenvalue weighted by atomic mass is 10.1. The lowest BCUT2D eigenvalue weighted by Gasteiger charge is -2.23. The molecule has 18 heavy (non-hydrogen) atoms. The Balaban J connectivity index is 1.83. The van der Waals surface area contributed by atoms with Crippen LogP contribution in [0, 0.1) is 0 Å². The van der Waals surface area contributed by atoms with Crippen LogP contribution in [0.15, 0.2) is 30.3 Å². The Bertz CT molecular complexity index is 349. The van der Waals surface area contributed by atoms with E-state index in [-0.39, 0.29) is 11.9 Å². The lowest BCUT2D eigenvalue weighted by molar-refractivity contribution is -0.160. The van der Waals surface area contributed by atoms with E-state index in [9.17, 15) is 0 Å². The molecule has 1 fully saturated rings. The van der Waals surface area contributed by atoms with Crippen molar-refractivity contribution >= 4 is 0 Å². The van der Waals surface area contributed by atoms with Crippen molar-refractivity contribution in [2.75, 3.05) is 6.61 Å². The van der Waals surface area contributed by atoms with Gasteiger partial charge in [0.1, 0.15) is 6.10 Å². The second-order valence-corrected chi connectivity index (χ2v) is 5.27. The minimum atomic E-state index is -0.381. The van der Waals surface area contributed by atoms with Crippen molar-refractivity contribution in [2.24, 2.45) is 0 Å². The second kappa shape index (κ2) is 6.35. The van der Waals surface area contributed by atoms with Gasteiger partial charge in [0.25, 0.3) is 0 Å². The molecule has 1 saturated heterocycles. The number of hydrogen-bond donors (Lipinski definition) is 0. The van der Waals surface area contributed by atoms with E-state index in [0.717, 1.165) is 6.42 Å². The van der Waals surface area contributed by atoms with Crippen LogP contribution in [-0.4, -0.2) is 12.4 Å². The number of ether oxygens (including phenoxy) is 2. The summed E-state index contributed by atoms with van der Waals surface area (Å²) in [5, 5.41) is 0. The highest BCUT2D eigenvalue weighted by Gasteiger charge is 2.37. The fraction of sp³-hybridized carbons (Fsp3) is 0.625. The van der Waals surface area contributed by atoms with Crippen LogP contribution < -0.4 is 0 Å². The standard InChI is InChI=1S/C16H24O2/c1-3-4-5-9-12-16(2)17-13-15(18-16)14-10-7-6-8-11-14/h6-8,10-11,15H,3-5,9,12-13H2,1-2H3/t15-,16-/m0/s1. The highest BCUT2D eigenvalue weighted by Crippen LogP contribution is 2.36. The van der Waals surface area contributed by atoms with E-state index in [4.69, 9.17) is 9.47 Å². The highest BCUT2D eigenvalue weighted by molar-refractivity contribution is 5.18. The van der Waals surface area contributed by atoms with Gasteiger partial charge in [0, 0.05) is 6.42 Å². The first kappa shape index (κ1) is 13.6. The molecule has 2 heteroatoms. The largest absolute Gasteiger partial charge is 0.347 e. The van der Waals surface area contributed by atoms with Crippen molar-refractivity contribution in [1.82, 2.24) is 0 Å². The van der Waals surface area contributed by atoms with Crippen molar-refractivity contribution < 1.29 is 9.47 Å². The average Bonchev–Trinajstić information content (AvgIpc) is 2.79. The summed E-state index contributed by atoms with van der Waals surface area (Å²) in [6.07, 6.45) is 6.13.